The summed E-state index contributed by atoms with van der Waals surface area (Å²) < 4.78 is 17.0. The van der Waals surface area contributed by atoms with Gasteiger partial charge in [0.25, 0.3) is 0 Å². The van der Waals surface area contributed by atoms with Gasteiger partial charge in [-0.1, -0.05) is 13.8 Å². The molecule has 2 heterocycles. The molecule has 0 aliphatic rings. The average Bonchev–Trinajstić information content (AvgIpc) is 2.92. The molecule has 3 rings (SSSR count). The molecule has 0 unspecified atom stereocenters. The van der Waals surface area contributed by atoms with Gasteiger partial charge in [-0.2, -0.15) is 0 Å². The van der Waals surface area contributed by atoms with Crippen LogP contribution in [0.15, 0.2) is 35.0 Å². The summed E-state index contributed by atoms with van der Waals surface area (Å²) in [5.41, 5.74) is 2.50. The van der Waals surface area contributed by atoms with E-state index in [4.69, 9.17) is 13.9 Å². The molecule has 0 radical (unpaired) electrons. The second kappa shape index (κ2) is 6.91. The first-order valence-corrected chi connectivity index (χ1v) is 8.11. The number of hydrogen-bond donors (Lipinski definition) is 0. The van der Waals surface area contributed by atoms with Crippen molar-refractivity contribution >= 4 is 11.1 Å². The molecule has 5 heteroatoms. The number of aromatic nitrogens is 2. The third-order valence-corrected chi connectivity index (χ3v) is 3.98. The minimum atomic E-state index is 0.549. The Morgan fingerprint density at radius 3 is 2.54 bits per heavy atom. The number of methoxy groups -OCH3 is 1. The van der Waals surface area contributed by atoms with Crippen molar-refractivity contribution in [1.82, 2.24) is 9.97 Å². The predicted octanol–water partition coefficient (Wildman–Crippen LogP) is 4.63. The predicted molar refractivity (Wildman–Crippen MR) is 93.5 cm³/mol. The van der Waals surface area contributed by atoms with Crippen LogP contribution in [0.3, 0.4) is 0 Å². The van der Waals surface area contributed by atoms with Gasteiger partial charge in [0, 0.05) is 11.1 Å². The van der Waals surface area contributed by atoms with Crippen LogP contribution >= 0.6 is 0 Å². The molecule has 3 aromatic rings. The van der Waals surface area contributed by atoms with Gasteiger partial charge in [0.1, 0.15) is 23.2 Å². The van der Waals surface area contributed by atoms with E-state index in [2.05, 4.69) is 23.8 Å². The molecule has 0 fully saturated rings. The summed E-state index contributed by atoms with van der Waals surface area (Å²) in [7, 11) is 1.65. The molecule has 2 aromatic heterocycles. The summed E-state index contributed by atoms with van der Waals surface area (Å²) in [5, 5.41) is 0.840. The first kappa shape index (κ1) is 16.3. The lowest BCUT2D eigenvalue weighted by Gasteiger charge is -2.07. The van der Waals surface area contributed by atoms with E-state index in [1.807, 2.05) is 31.2 Å². The van der Waals surface area contributed by atoms with E-state index < -0.39 is 0 Å². The van der Waals surface area contributed by atoms with Crippen molar-refractivity contribution in [3.63, 3.8) is 0 Å². The lowest BCUT2D eigenvalue weighted by molar-refractivity contribution is 0.282. The van der Waals surface area contributed by atoms with Crippen LogP contribution in [0.25, 0.3) is 22.4 Å². The Labute approximate surface area is 141 Å². The fourth-order valence-corrected chi connectivity index (χ4v) is 2.56. The Hall–Kier alpha value is -2.56. The highest BCUT2D eigenvalue weighted by Gasteiger charge is 2.18. The van der Waals surface area contributed by atoms with Gasteiger partial charge < -0.3 is 13.9 Å². The van der Waals surface area contributed by atoms with Crippen molar-refractivity contribution in [2.24, 2.45) is 5.92 Å². The van der Waals surface area contributed by atoms with Gasteiger partial charge >= 0.3 is 0 Å². The maximum absolute atomic E-state index is 5.95. The third kappa shape index (κ3) is 3.20. The molecule has 5 nitrogen and oxygen atoms in total. The Bertz CT molecular complexity index is 822. The summed E-state index contributed by atoms with van der Waals surface area (Å²) >= 11 is 0. The van der Waals surface area contributed by atoms with Crippen LogP contribution in [-0.2, 0) is 0 Å². The monoisotopic (exact) mass is 326 g/mol. The Balaban J connectivity index is 1.97. The van der Waals surface area contributed by atoms with Gasteiger partial charge in [0.2, 0.25) is 11.6 Å². The topological polar surface area (TPSA) is 57.4 Å². The minimum Gasteiger partial charge on any atom is -0.497 e. The van der Waals surface area contributed by atoms with Crippen LogP contribution in [0.2, 0.25) is 0 Å². The number of rotatable bonds is 6. The molecule has 0 saturated heterocycles. The number of furan rings is 1. The molecular formula is C19H22N2O3. The molecular weight excluding hydrogens is 304 g/mol. The van der Waals surface area contributed by atoms with E-state index in [1.54, 1.807) is 7.11 Å². The van der Waals surface area contributed by atoms with Crippen LogP contribution < -0.4 is 9.47 Å². The number of benzene rings is 1. The summed E-state index contributed by atoms with van der Waals surface area (Å²) in [5.74, 6) is 2.76. The van der Waals surface area contributed by atoms with Gasteiger partial charge in [-0.3, -0.25) is 0 Å². The van der Waals surface area contributed by atoms with Gasteiger partial charge in [-0.15, -0.1) is 0 Å². The van der Waals surface area contributed by atoms with Crippen LogP contribution in [0, 0.1) is 12.8 Å². The third-order valence-electron chi connectivity index (χ3n) is 3.98. The first-order valence-electron chi connectivity index (χ1n) is 8.11. The number of hydrogen-bond acceptors (Lipinski definition) is 5. The molecule has 0 atom stereocenters. The molecule has 0 bridgehead atoms. The summed E-state index contributed by atoms with van der Waals surface area (Å²) in [4.78, 5) is 8.53. The molecule has 126 valence electrons. The number of nitrogens with zero attached hydrogens (tertiary/aromatic N) is 2. The van der Waals surface area contributed by atoms with Crippen molar-refractivity contribution in [3.8, 4) is 23.0 Å². The number of aryl methyl sites for hydroxylation is 1. The maximum atomic E-state index is 5.95. The largest absolute Gasteiger partial charge is 0.497 e. The normalized spacial score (nSPS) is 11.2. The van der Waals surface area contributed by atoms with Gasteiger partial charge in [0.15, 0.2) is 0 Å². The summed E-state index contributed by atoms with van der Waals surface area (Å²) in [6.07, 6.45) is 2.46. The SMILES string of the molecule is COc1ccc(-c2oc3ncnc(OCCC(C)C)c3c2C)cc1. The smallest absolute Gasteiger partial charge is 0.233 e. The van der Waals surface area contributed by atoms with Gasteiger partial charge in [0.05, 0.1) is 13.7 Å². The zero-order valence-corrected chi connectivity index (χ0v) is 14.5. The van der Waals surface area contributed by atoms with E-state index in [-0.39, 0.29) is 0 Å². The molecule has 24 heavy (non-hydrogen) atoms. The zero-order chi connectivity index (χ0) is 17.1. The minimum absolute atomic E-state index is 0.549. The van der Waals surface area contributed by atoms with E-state index >= 15 is 0 Å². The zero-order valence-electron chi connectivity index (χ0n) is 14.5. The molecule has 0 spiro atoms. The first-order chi connectivity index (χ1) is 11.6. The second-order valence-corrected chi connectivity index (χ2v) is 6.17. The van der Waals surface area contributed by atoms with Crippen molar-refractivity contribution < 1.29 is 13.9 Å². The van der Waals surface area contributed by atoms with Gasteiger partial charge in [-0.25, -0.2) is 9.97 Å². The summed E-state index contributed by atoms with van der Waals surface area (Å²) in [6, 6.07) is 7.76. The van der Waals surface area contributed by atoms with Crippen LogP contribution in [0.1, 0.15) is 25.8 Å². The van der Waals surface area contributed by atoms with Crippen molar-refractivity contribution in [1.29, 1.82) is 0 Å². The molecule has 0 saturated carbocycles. The quantitative estimate of drug-likeness (QED) is 0.661. The fraction of sp³-hybridized carbons (Fsp3) is 0.368. The van der Waals surface area contributed by atoms with Crippen LogP contribution in [0.4, 0.5) is 0 Å². The highest BCUT2D eigenvalue weighted by atomic mass is 16.5. The fourth-order valence-electron chi connectivity index (χ4n) is 2.56. The lowest BCUT2D eigenvalue weighted by atomic mass is 10.1. The van der Waals surface area contributed by atoms with Crippen molar-refractivity contribution in [2.75, 3.05) is 13.7 Å². The molecule has 0 N–H and O–H groups in total. The molecule has 0 aliphatic carbocycles. The maximum Gasteiger partial charge on any atom is 0.233 e. The second-order valence-electron chi connectivity index (χ2n) is 6.17. The Morgan fingerprint density at radius 2 is 1.88 bits per heavy atom. The molecule has 0 amide bonds. The number of ether oxygens (including phenoxy) is 2. The van der Waals surface area contributed by atoms with E-state index in [0.717, 1.165) is 34.4 Å². The van der Waals surface area contributed by atoms with E-state index in [9.17, 15) is 0 Å². The van der Waals surface area contributed by atoms with Crippen LogP contribution in [-0.4, -0.2) is 23.7 Å². The van der Waals surface area contributed by atoms with E-state index in [1.165, 1.54) is 6.33 Å². The Kier molecular flexibility index (Phi) is 4.69. The van der Waals surface area contributed by atoms with Crippen molar-refractivity contribution in [3.05, 3.63) is 36.2 Å². The lowest BCUT2D eigenvalue weighted by Crippen LogP contribution is -2.03. The van der Waals surface area contributed by atoms with E-state index in [0.29, 0.717) is 24.1 Å². The molecule has 1 aromatic carbocycles. The standard InChI is InChI=1S/C19H22N2O3/c1-12(2)9-10-23-18-16-13(3)17(24-19(16)21-11-20-18)14-5-7-15(22-4)8-6-14/h5-8,11-12H,9-10H2,1-4H3. The van der Waals surface area contributed by atoms with Crippen molar-refractivity contribution in [2.45, 2.75) is 27.2 Å². The van der Waals surface area contributed by atoms with Gasteiger partial charge in [-0.05, 0) is 43.5 Å². The summed E-state index contributed by atoms with van der Waals surface area (Å²) in [6.45, 7) is 6.98. The van der Waals surface area contributed by atoms with Crippen LogP contribution in [0.5, 0.6) is 11.6 Å². The average molecular weight is 326 g/mol. The number of fused-ring (bicyclic) bond motifs is 1. The Morgan fingerprint density at radius 1 is 1.12 bits per heavy atom. The highest BCUT2D eigenvalue weighted by Crippen LogP contribution is 2.36. The molecule has 0 aliphatic heterocycles. The highest BCUT2D eigenvalue weighted by molar-refractivity contribution is 5.89.